The van der Waals surface area contributed by atoms with Crippen LogP contribution >= 0.6 is 0 Å². The molecular formula is C14H18N2O. The Bertz CT molecular complexity index is 510. The molecule has 2 aromatic rings. The van der Waals surface area contributed by atoms with Gasteiger partial charge >= 0.3 is 0 Å². The van der Waals surface area contributed by atoms with Crippen LogP contribution in [0.15, 0.2) is 28.7 Å². The van der Waals surface area contributed by atoms with Crippen LogP contribution in [0.2, 0.25) is 0 Å². The minimum absolute atomic E-state index is 0.989. The lowest BCUT2D eigenvalue weighted by Gasteiger charge is -2.18. The van der Waals surface area contributed by atoms with Crippen molar-refractivity contribution in [3.8, 4) is 0 Å². The van der Waals surface area contributed by atoms with Gasteiger partial charge in [-0.2, -0.15) is 0 Å². The smallest absolute Gasteiger partial charge is 0.196 e. The topological polar surface area (TPSA) is 28.4 Å². The van der Waals surface area contributed by atoms with Crippen molar-refractivity contribution < 1.29 is 4.42 Å². The van der Waals surface area contributed by atoms with Crippen LogP contribution in [-0.4, -0.2) is 26.2 Å². The highest BCUT2D eigenvalue weighted by atomic mass is 16.4. The van der Waals surface area contributed by atoms with E-state index in [4.69, 9.17) is 4.42 Å². The van der Waals surface area contributed by atoms with E-state index in [-0.39, 0.29) is 0 Å². The quantitative estimate of drug-likeness (QED) is 0.816. The summed E-state index contributed by atoms with van der Waals surface area (Å²) in [5.41, 5.74) is 2.27. The molecule has 1 aliphatic rings. The van der Waals surface area contributed by atoms with Gasteiger partial charge in [-0.05, 0) is 32.0 Å². The highest BCUT2D eigenvalue weighted by molar-refractivity contribution is 5.81. The van der Waals surface area contributed by atoms with Crippen LogP contribution in [0.4, 0.5) is 5.88 Å². The Morgan fingerprint density at radius 1 is 1.18 bits per heavy atom. The fourth-order valence-corrected chi connectivity index (χ4v) is 2.37. The number of anilines is 1. The molecule has 1 aromatic carbocycles. The maximum Gasteiger partial charge on any atom is 0.196 e. The Balaban J connectivity index is 1.93. The number of hydrogen-bond acceptors (Lipinski definition) is 3. The van der Waals surface area contributed by atoms with E-state index >= 15 is 0 Å². The summed E-state index contributed by atoms with van der Waals surface area (Å²) in [6, 6.07) is 8.50. The molecule has 0 unspecified atom stereocenters. The number of rotatable bonds is 1. The second kappa shape index (κ2) is 4.41. The average Bonchev–Trinajstić information content (AvgIpc) is 2.57. The summed E-state index contributed by atoms with van der Waals surface area (Å²) in [4.78, 5) is 2.33. The molecule has 3 nitrogen and oxygen atoms in total. The number of aryl methyl sites for hydroxylation is 1. The second-order valence-electron chi connectivity index (χ2n) is 4.72. The van der Waals surface area contributed by atoms with Crippen molar-refractivity contribution >= 4 is 16.9 Å². The molecule has 0 spiro atoms. The summed E-state index contributed by atoms with van der Waals surface area (Å²) in [6.45, 7) is 6.36. The molecule has 1 aromatic heterocycles. The van der Waals surface area contributed by atoms with Gasteiger partial charge in [-0.15, -0.1) is 0 Å². The maximum absolute atomic E-state index is 5.92. The fourth-order valence-electron chi connectivity index (χ4n) is 2.37. The van der Waals surface area contributed by atoms with E-state index < -0.39 is 0 Å². The molecule has 3 rings (SSSR count). The molecule has 0 saturated carbocycles. The van der Waals surface area contributed by atoms with Crippen LogP contribution in [0.3, 0.4) is 0 Å². The van der Waals surface area contributed by atoms with Crippen molar-refractivity contribution in [2.24, 2.45) is 0 Å². The molecule has 1 aliphatic heterocycles. The van der Waals surface area contributed by atoms with Gasteiger partial charge in [0.1, 0.15) is 5.58 Å². The zero-order valence-corrected chi connectivity index (χ0v) is 10.2. The number of benzene rings is 1. The van der Waals surface area contributed by atoms with E-state index in [0.717, 1.165) is 37.6 Å². The third-order valence-corrected chi connectivity index (χ3v) is 3.31. The van der Waals surface area contributed by atoms with Crippen molar-refractivity contribution in [1.29, 1.82) is 0 Å². The Kier molecular flexibility index (Phi) is 2.77. The van der Waals surface area contributed by atoms with Gasteiger partial charge in [-0.1, -0.05) is 11.6 Å². The van der Waals surface area contributed by atoms with Gasteiger partial charge in [0.05, 0.1) is 0 Å². The number of nitrogens with one attached hydrogen (secondary N) is 1. The van der Waals surface area contributed by atoms with E-state index in [1.165, 1.54) is 17.4 Å². The van der Waals surface area contributed by atoms with Crippen LogP contribution < -0.4 is 10.2 Å². The third kappa shape index (κ3) is 2.15. The number of furan rings is 1. The van der Waals surface area contributed by atoms with Gasteiger partial charge < -0.3 is 14.6 Å². The maximum atomic E-state index is 5.92. The molecule has 0 radical (unpaired) electrons. The molecule has 1 N–H and O–H groups in total. The first-order valence-electron chi connectivity index (χ1n) is 6.29. The first-order valence-corrected chi connectivity index (χ1v) is 6.29. The lowest BCUT2D eigenvalue weighted by atomic mass is 10.2. The predicted octanol–water partition coefficient (Wildman–Crippen LogP) is 2.54. The van der Waals surface area contributed by atoms with Gasteiger partial charge in [-0.3, -0.25) is 0 Å². The second-order valence-corrected chi connectivity index (χ2v) is 4.72. The molecule has 17 heavy (non-hydrogen) atoms. The molecule has 1 saturated heterocycles. The molecule has 0 aliphatic carbocycles. The van der Waals surface area contributed by atoms with Gasteiger partial charge in [0.15, 0.2) is 5.88 Å². The van der Waals surface area contributed by atoms with Crippen LogP contribution in [0.1, 0.15) is 12.0 Å². The fraction of sp³-hybridized carbons (Fsp3) is 0.429. The zero-order chi connectivity index (χ0) is 11.7. The van der Waals surface area contributed by atoms with E-state index in [1.807, 2.05) is 0 Å². The van der Waals surface area contributed by atoms with E-state index in [1.54, 1.807) is 0 Å². The Morgan fingerprint density at radius 3 is 3.06 bits per heavy atom. The van der Waals surface area contributed by atoms with Crippen molar-refractivity contribution in [2.45, 2.75) is 13.3 Å². The molecule has 0 atom stereocenters. The van der Waals surface area contributed by atoms with Crippen LogP contribution in [-0.2, 0) is 0 Å². The summed E-state index contributed by atoms with van der Waals surface area (Å²) in [5, 5.41) is 4.61. The third-order valence-electron chi connectivity index (χ3n) is 3.31. The van der Waals surface area contributed by atoms with Gasteiger partial charge in [0.25, 0.3) is 0 Å². The van der Waals surface area contributed by atoms with Gasteiger partial charge in [0.2, 0.25) is 0 Å². The monoisotopic (exact) mass is 230 g/mol. The van der Waals surface area contributed by atoms with Gasteiger partial charge in [-0.25, -0.2) is 0 Å². The largest absolute Gasteiger partial charge is 0.441 e. The Morgan fingerprint density at radius 2 is 2.12 bits per heavy atom. The van der Waals surface area contributed by atoms with Crippen molar-refractivity contribution in [3.05, 3.63) is 29.8 Å². The lowest BCUT2D eigenvalue weighted by Crippen LogP contribution is -2.27. The summed E-state index contributed by atoms with van der Waals surface area (Å²) in [6.07, 6.45) is 1.18. The first kappa shape index (κ1) is 10.7. The van der Waals surface area contributed by atoms with E-state index in [0.29, 0.717) is 0 Å². The average molecular weight is 230 g/mol. The molecule has 3 heteroatoms. The molecule has 2 heterocycles. The SMILES string of the molecule is Cc1ccc2oc(N3CCCNCC3)cc2c1. The van der Waals surface area contributed by atoms with Crippen molar-refractivity contribution in [2.75, 3.05) is 31.1 Å². The summed E-state index contributed by atoms with van der Waals surface area (Å²) in [7, 11) is 0. The molecule has 1 fully saturated rings. The van der Waals surface area contributed by atoms with Crippen LogP contribution in [0, 0.1) is 6.92 Å². The van der Waals surface area contributed by atoms with Crippen LogP contribution in [0.25, 0.3) is 11.0 Å². The molecule has 0 bridgehead atoms. The Hall–Kier alpha value is -1.48. The van der Waals surface area contributed by atoms with E-state index in [2.05, 4.69) is 41.4 Å². The summed E-state index contributed by atoms with van der Waals surface area (Å²) >= 11 is 0. The number of nitrogens with zero attached hydrogens (tertiary/aromatic N) is 1. The van der Waals surface area contributed by atoms with E-state index in [9.17, 15) is 0 Å². The van der Waals surface area contributed by atoms with Crippen LogP contribution in [0.5, 0.6) is 0 Å². The van der Waals surface area contributed by atoms with Crippen molar-refractivity contribution in [3.63, 3.8) is 0 Å². The predicted molar refractivity (Wildman–Crippen MR) is 70.7 cm³/mol. The normalized spacial score (nSPS) is 17.4. The highest BCUT2D eigenvalue weighted by Crippen LogP contribution is 2.27. The molecule has 0 amide bonds. The number of hydrogen-bond donors (Lipinski definition) is 1. The van der Waals surface area contributed by atoms with Crippen molar-refractivity contribution in [1.82, 2.24) is 5.32 Å². The minimum Gasteiger partial charge on any atom is -0.441 e. The van der Waals surface area contributed by atoms with Gasteiger partial charge in [0, 0.05) is 31.1 Å². The minimum atomic E-state index is 0.989. The lowest BCUT2D eigenvalue weighted by molar-refractivity contribution is 0.584. The standard InChI is InChI=1S/C14H18N2O/c1-11-3-4-13-12(9-11)10-14(17-13)16-7-2-5-15-6-8-16/h3-4,9-10,15H,2,5-8H2,1H3. The zero-order valence-electron chi connectivity index (χ0n) is 10.2. The summed E-state index contributed by atoms with van der Waals surface area (Å²) < 4.78 is 5.92. The summed E-state index contributed by atoms with van der Waals surface area (Å²) in [5.74, 6) is 1.01. The number of fused-ring (bicyclic) bond motifs is 1. The first-order chi connectivity index (χ1) is 8.33. The molecular weight excluding hydrogens is 212 g/mol. The molecule has 90 valence electrons. The Labute approximate surface area is 101 Å². The highest BCUT2D eigenvalue weighted by Gasteiger charge is 2.13.